The van der Waals surface area contributed by atoms with Gasteiger partial charge in [0, 0.05) is 31.1 Å². The van der Waals surface area contributed by atoms with Crippen LogP contribution >= 0.6 is 11.3 Å². The van der Waals surface area contributed by atoms with E-state index in [9.17, 15) is 4.79 Å². The Hall–Kier alpha value is -0.910. The van der Waals surface area contributed by atoms with E-state index >= 15 is 0 Å². The first-order valence-corrected chi connectivity index (χ1v) is 7.89. The predicted molar refractivity (Wildman–Crippen MR) is 75.2 cm³/mol. The molecule has 2 saturated heterocycles. The molecule has 0 aromatic carbocycles. The standard InChI is InChI=1S/C14H20N2O2S/c17-14-13(12-5-3-9-19-12)16(7-6-15-14)10-11-4-1-2-8-18-11/h3,5,9,11,13H,1-2,4,6-8,10H2,(H,15,17)/t11-,13+/m0/s1. The summed E-state index contributed by atoms with van der Waals surface area (Å²) in [6, 6.07) is 3.94. The summed E-state index contributed by atoms with van der Waals surface area (Å²) in [7, 11) is 0. The number of carbonyl (C=O) groups excluding carboxylic acids is 1. The fourth-order valence-corrected chi connectivity index (χ4v) is 3.74. The van der Waals surface area contributed by atoms with Crippen molar-refractivity contribution in [2.24, 2.45) is 0 Å². The second-order valence-electron chi connectivity index (χ2n) is 5.19. The molecule has 0 bridgehead atoms. The molecule has 3 rings (SSSR count). The first-order chi connectivity index (χ1) is 9.34. The Morgan fingerprint density at radius 3 is 3.16 bits per heavy atom. The van der Waals surface area contributed by atoms with Crippen LogP contribution in [0.15, 0.2) is 17.5 Å². The maximum Gasteiger partial charge on any atom is 0.242 e. The van der Waals surface area contributed by atoms with Crippen LogP contribution in [-0.2, 0) is 9.53 Å². The van der Waals surface area contributed by atoms with Crippen molar-refractivity contribution in [1.29, 1.82) is 0 Å². The molecule has 104 valence electrons. The van der Waals surface area contributed by atoms with Crippen LogP contribution in [0.25, 0.3) is 0 Å². The lowest BCUT2D eigenvalue weighted by Gasteiger charge is -2.37. The van der Waals surface area contributed by atoms with Gasteiger partial charge in [-0.1, -0.05) is 6.07 Å². The Morgan fingerprint density at radius 2 is 2.42 bits per heavy atom. The molecule has 2 fully saturated rings. The highest BCUT2D eigenvalue weighted by Gasteiger charge is 2.33. The molecule has 4 nitrogen and oxygen atoms in total. The summed E-state index contributed by atoms with van der Waals surface area (Å²) in [6.45, 7) is 3.39. The summed E-state index contributed by atoms with van der Waals surface area (Å²) in [6.07, 6.45) is 3.83. The van der Waals surface area contributed by atoms with E-state index in [4.69, 9.17) is 4.74 Å². The van der Waals surface area contributed by atoms with Gasteiger partial charge in [-0.15, -0.1) is 11.3 Å². The van der Waals surface area contributed by atoms with Crippen molar-refractivity contribution in [2.45, 2.75) is 31.4 Å². The van der Waals surface area contributed by atoms with Gasteiger partial charge in [-0.2, -0.15) is 0 Å². The Labute approximate surface area is 117 Å². The van der Waals surface area contributed by atoms with Crippen molar-refractivity contribution in [3.8, 4) is 0 Å². The molecule has 0 saturated carbocycles. The van der Waals surface area contributed by atoms with E-state index in [2.05, 4.69) is 16.3 Å². The van der Waals surface area contributed by atoms with Gasteiger partial charge in [0.05, 0.1) is 6.10 Å². The van der Waals surface area contributed by atoms with Crippen molar-refractivity contribution in [3.63, 3.8) is 0 Å². The number of rotatable bonds is 3. The molecule has 0 aliphatic carbocycles. The van der Waals surface area contributed by atoms with Gasteiger partial charge in [0.2, 0.25) is 5.91 Å². The highest BCUT2D eigenvalue weighted by atomic mass is 32.1. The summed E-state index contributed by atoms with van der Waals surface area (Å²) in [5, 5.41) is 5.01. The molecule has 2 atom stereocenters. The van der Waals surface area contributed by atoms with Gasteiger partial charge in [0.1, 0.15) is 6.04 Å². The number of carbonyl (C=O) groups is 1. The maximum atomic E-state index is 12.2. The molecule has 5 heteroatoms. The fourth-order valence-electron chi connectivity index (χ4n) is 2.88. The Kier molecular flexibility index (Phi) is 4.15. The molecule has 2 aliphatic rings. The van der Waals surface area contributed by atoms with Gasteiger partial charge < -0.3 is 10.1 Å². The largest absolute Gasteiger partial charge is 0.377 e. The van der Waals surface area contributed by atoms with Crippen LogP contribution in [0.1, 0.15) is 30.2 Å². The highest BCUT2D eigenvalue weighted by molar-refractivity contribution is 7.10. The van der Waals surface area contributed by atoms with E-state index in [1.165, 1.54) is 12.8 Å². The van der Waals surface area contributed by atoms with E-state index in [1.807, 2.05) is 11.4 Å². The number of nitrogens with one attached hydrogen (secondary N) is 1. The van der Waals surface area contributed by atoms with Crippen LogP contribution in [0, 0.1) is 0 Å². The minimum absolute atomic E-state index is 0.126. The van der Waals surface area contributed by atoms with Crippen molar-refractivity contribution >= 4 is 17.2 Å². The van der Waals surface area contributed by atoms with Crippen LogP contribution < -0.4 is 5.32 Å². The summed E-state index contributed by atoms with van der Waals surface area (Å²) in [4.78, 5) is 15.6. The molecular formula is C14H20N2O2S. The molecule has 19 heavy (non-hydrogen) atoms. The van der Waals surface area contributed by atoms with Crippen LogP contribution in [0.2, 0.25) is 0 Å². The number of ether oxygens (including phenoxy) is 1. The number of hydrogen-bond donors (Lipinski definition) is 1. The zero-order valence-corrected chi connectivity index (χ0v) is 11.8. The summed E-state index contributed by atoms with van der Waals surface area (Å²) in [5.41, 5.74) is 0. The zero-order valence-electron chi connectivity index (χ0n) is 11.0. The molecule has 3 heterocycles. The van der Waals surface area contributed by atoms with Gasteiger partial charge in [0.25, 0.3) is 0 Å². The minimum atomic E-state index is -0.126. The van der Waals surface area contributed by atoms with Gasteiger partial charge in [-0.3, -0.25) is 9.69 Å². The van der Waals surface area contributed by atoms with E-state index < -0.39 is 0 Å². The Bertz CT molecular complexity index is 415. The van der Waals surface area contributed by atoms with Crippen LogP contribution in [0.5, 0.6) is 0 Å². The lowest BCUT2D eigenvalue weighted by Crippen LogP contribution is -2.52. The molecule has 1 N–H and O–H groups in total. The van der Waals surface area contributed by atoms with Gasteiger partial charge >= 0.3 is 0 Å². The van der Waals surface area contributed by atoms with Gasteiger partial charge in [-0.05, 0) is 30.7 Å². The van der Waals surface area contributed by atoms with Crippen molar-refractivity contribution in [3.05, 3.63) is 22.4 Å². The summed E-state index contributed by atoms with van der Waals surface area (Å²) >= 11 is 1.66. The topological polar surface area (TPSA) is 41.6 Å². The van der Waals surface area contributed by atoms with E-state index in [0.717, 1.165) is 37.5 Å². The van der Waals surface area contributed by atoms with E-state index in [-0.39, 0.29) is 11.9 Å². The number of amides is 1. The Balaban J connectivity index is 1.71. The number of thiophene rings is 1. The first-order valence-electron chi connectivity index (χ1n) is 7.01. The normalized spacial score (nSPS) is 29.2. The summed E-state index contributed by atoms with van der Waals surface area (Å²) in [5.74, 6) is 0.129. The SMILES string of the molecule is O=C1NCCN(C[C@@H]2CCCCO2)[C@@H]1c1cccs1. The van der Waals surface area contributed by atoms with Crippen molar-refractivity contribution in [2.75, 3.05) is 26.2 Å². The average molecular weight is 280 g/mol. The lowest BCUT2D eigenvalue weighted by molar-refractivity contribution is -0.130. The highest BCUT2D eigenvalue weighted by Crippen LogP contribution is 2.28. The maximum absolute atomic E-state index is 12.2. The van der Waals surface area contributed by atoms with Crippen LogP contribution in [0.4, 0.5) is 0 Å². The molecule has 1 amide bonds. The van der Waals surface area contributed by atoms with Gasteiger partial charge in [0.15, 0.2) is 0 Å². The van der Waals surface area contributed by atoms with Crippen molar-refractivity contribution < 1.29 is 9.53 Å². The van der Waals surface area contributed by atoms with E-state index in [0.29, 0.717) is 6.10 Å². The molecule has 1 aromatic rings. The number of nitrogens with zero attached hydrogens (tertiary/aromatic N) is 1. The summed E-state index contributed by atoms with van der Waals surface area (Å²) < 4.78 is 5.81. The quantitative estimate of drug-likeness (QED) is 0.918. The molecule has 1 aromatic heterocycles. The van der Waals surface area contributed by atoms with Crippen LogP contribution in [0.3, 0.4) is 0 Å². The lowest BCUT2D eigenvalue weighted by atomic mass is 10.1. The van der Waals surface area contributed by atoms with E-state index in [1.54, 1.807) is 11.3 Å². The zero-order chi connectivity index (χ0) is 13.1. The first kappa shape index (κ1) is 13.1. The third-order valence-corrected chi connectivity index (χ3v) is 4.76. The molecule has 2 aliphatic heterocycles. The predicted octanol–water partition coefficient (Wildman–Crippen LogP) is 1.79. The van der Waals surface area contributed by atoms with Crippen molar-refractivity contribution in [1.82, 2.24) is 10.2 Å². The molecule has 0 radical (unpaired) electrons. The Morgan fingerprint density at radius 1 is 1.47 bits per heavy atom. The molecule has 0 unspecified atom stereocenters. The smallest absolute Gasteiger partial charge is 0.242 e. The minimum Gasteiger partial charge on any atom is -0.377 e. The monoisotopic (exact) mass is 280 g/mol. The number of hydrogen-bond acceptors (Lipinski definition) is 4. The second kappa shape index (κ2) is 6.03. The number of piperazine rings is 1. The second-order valence-corrected chi connectivity index (χ2v) is 6.17. The van der Waals surface area contributed by atoms with Gasteiger partial charge in [-0.25, -0.2) is 0 Å². The fraction of sp³-hybridized carbons (Fsp3) is 0.643. The third-order valence-electron chi connectivity index (χ3n) is 3.84. The third kappa shape index (κ3) is 2.99. The molecular weight excluding hydrogens is 260 g/mol. The van der Waals surface area contributed by atoms with Crippen LogP contribution in [-0.4, -0.2) is 43.2 Å². The molecule has 0 spiro atoms. The average Bonchev–Trinajstić information content (AvgIpc) is 2.94.